The number of rotatable bonds is 6. The van der Waals surface area contributed by atoms with Gasteiger partial charge in [-0.15, -0.1) is 11.3 Å². The molecule has 100 valence electrons. The standard InChI is InChI=1S/C13H20N2O2S/c1-2-3-4-8-14-13-15-11-9(12(16)17)6-5-7-10(11)18-13/h9H,2-8H2,1H3,(H,14,15)(H,16,17). The van der Waals surface area contributed by atoms with Gasteiger partial charge in [0.1, 0.15) is 5.92 Å². The van der Waals surface area contributed by atoms with Crippen molar-refractivity contribution in [3.63, 3.8) is 0 Å². The molecular formula is C13H20N2O2S. The van der Waals surface area contributed by atoms with Crippen LogP contribution in [-0.4, -0.2) is 22.6 Å². The van der Waals surface area contributed by atoms with Crippen LogP contribution in [0.15, 0.2) is 0 Å². The number of nitrogens with one attached hydrogen (secondary N) is 1. The molecule has 1 heterocycles. The van der Waals surface area contributed by atoms with Crippen molar-refractivity contribution in [2.45, 2.75) is 51.4 Å². The van der Waals surface area contributed by atoms with E-state index in [9.17, 15) is 9.90 Å². The molecule has 0 saturated heterocycles. The van der Waals surface area contributed by atoms with Crippen LogP contribution >= 0.6 is 11.3 Å². The Morgan fingerprint density at radius 3 is 3.11 bits per heavy atom. The molecule has 18 heavy (non-hydrogen) atoms. The zero-order valence-corrected chi connectivity index (χ0v) is 11.6. The molecule has 0 spiro atoms. The number of carboxylic acids is 1. The number of aromatic nitrogens is 1. The van der Waals surface area contributed by atoms with Crippen LogP contribution in [0.1, 0.15) is 55.5 Å². The van der Waals surface area contributed by atoms with Crippen LogP contribution in [0.25, 0.3) is 0 Å². The van der Waals surface area contributed by atoms with Gasteiger partial charge in [0.05, 0.1) is 5.69 Å². The lowest BCUT2D eigenvalue weighted by Crippen LogP contribution is -2.17. The van der Waals surface area contributed by atoms with Crippen molar-refractivity contribution >= 4 is 22.4 Å². The monoisotopic (exact) mass is 268 g/mol. The summed E-state index contributed by atoms with van der Waals surface area (Å²) >= 11 is 1.63. The molecule has 1 unspecified atom stereocenters. The van der Waals surface area contributed by atoms with Crippen molar-refractivity contribution in [1.82, 2.24) is 4.98 Å². The van der Waals surface area contributed by atoms with E-state index < -0.39 is 11.9 Å². The summed E-state index contributed by atoms with van der Waals surface area (Å²) in [5.74, 6) is -1.13. The molecule has 1 atom stereocenters. The molecule has 2 N–H and O–H groups in total. The Morgan fingerprint density at radius 2 is 2.39 bits per heavy atom. The van der Waals surface area contributed by atoms with Crippen LogP contribution in [0.4, 0.5) is 5.13 Å². The molecule has 0 bridgehead atoms. The second-order valence-corrected chi connectivity index (χ2v) is 5.83. The van der Waals surface area contributed by atoms with E-state index in [1.165, 1.54) is 12.8 Å². The minimum Gasteiger partial charge on any atom is -0.481 e. The predicted octanol–water partition coefficient (Wildman–Crippen LogP) is 3.25. The third-order valence-corrected chi connectivity index (χ3v) is 4.40. The Balaban J connectivity index is 2.00. The number of thiazole rings is 1. The molecule has 2 rings (SSSR count). The lowest BCUT2D eigenvalue weighted by atomic mass is 9.91. The number of unbranched alkanes of at least 4 members (excludes halogenated alkanes) is 2. The number of fused-ring (bicyclic) bond motifs is 1. The van der Waals surface area contributed by atoms with Crippen LogP contribution in [0.3, 0.4) is 0 Å². The van der Waals surface area contributed by atoms with Gasteiger partial charge in [-0.3, -0.25) is 4.79 Å². The van der Waals surface area contributed by atoms with Crippen LogP contribution in [0, 0.1) is 0 Å². The Labute approximate surface area is 111 Å². The van der Waals surface area contributed by atoms with Gasteiger partial charge in [0.15, 0.2) is 5.13 Å². The molecule has 0 aromatic carbocycles. The van der Waals surface area contributed by atoms with Crippen molar-refractivity contribution in [1.29, 1.82) is 0 Å². The van der Waals surface area contributed by atoms with Gasteiger partial charge in [-0.1, -0.05) is 19.8 Å². The Morgan fingerprint density at radius 1 is 1.56 bits per heavy atom. The van der Waals surface area contributed by atoms with Crippen molar-refractivity contribution in [2.75, 3.05) is 11.9 Å². The van der Waals surface area contributed by atoms with Gasteiger partial charge in [-0.2, -0.15) is 0 Å². The maximum Gasteiger partial charge on any atom is 0.312 e. The molecule has 0 radical (unpaired) electrons. The summed E-state index contributed by atoms with van der Waals surface area (Å²) < 4.78 is 0. The molecule has 0 saturated carbocycles. The summed E-state index contributed by atoms with van der Waals surface area (Å²) in [5.41, 5.74) is 0.803. The zero-order chi connectivity index (χ0) is 13.0. The smallest absolute Gasteiger partial charge is 0.312 e. The average molecular weight is 268 g/mol. The Bertz CT molecular complexity index is 417. The molecule has 0 aliphatic heterocycles. The van der Waals surface area contributed by atoms with Gasteiger partial charge >= 0.3 is 5.97 Å². The highest BCUT2D eigenvalue weighted by molar-refractivity contribution is 7.15. The number of carboxylic acid groups (broad SMARTS) is 1. The first-order valence-corrected chi connectivity index (χ1v) is 7.50. The third kappa shape index (κ3) is 3.02. The summed E-state index contributed by atoms with van der Waals surface area (Å²) in [6.45, 7) is 3.11. The fourth-order valence-electron chi connectivity index (χ4n) is 2.30. The molecule has 1 aromatic heterocycles. The van der Waals surface area contributed by atoms with E-state index in [0.717, 1.165) is 47.9 Å². The zero-order valence-electron chi connectivity index (χ0n) is 10.7. The number of anilines is 1. The highest BCUT2D eigenvalue weighted by Crippen LogP contribution is 2.36. The topological polar surface area (TPSA) is 62.2 Å². The summed E-state index contributed by atoms with van der Waals surface area (Å²) in [6, 6.07) is 0. The maximum absolute atomic E-state index is 11.2. The Hall–Kier alpha value is -1.10. The number of hydrogen-bond donors (Lipinski definition) is 2. The van der Waals surface area contributed by atoms with Gasteiger partial charge in [-0.05, 0) is 25.7 Å². The third-order valence-electron chi connectivity index (χ3n) is 3.31. The number of aryl methyl sites for hydroxylation is 1. The first-order valence-electron chi connectivity index (χ1n) is 6.68. The summed E-state index contributed by atoms with van der Waals surface area (Å²) in [5, 5.41) is 13.4. The van der Waals surface area contributed by atoms with Gasteiger partial charge in [0, 0.05) is 11.4 Å². The molecule has 4 nitrogen and oxygen atoms in total. The molecular weight excluding hydrogens is 248 g/mol. The Kier molecular flexibility index (Phi) is 4.58. The highest BCUT2D eigenvalue weighted by atomic mass is 32.1. The van der Waals surface area contributed by atoms with Gasteiger partial charge < -0.3 is 10.4 Å². The van der Waals surface area contributed by atoms with E-state index in [1.54, 1.807) is 11.3 Å². The summed E-state index contributed by atoms with van der Waals surface area (Å²) in [6.07, 6.45) is 6.23. The van der Waals surface area contributed by atoms with E-state index in [4.69, 9.17) is 0 Å². The van der Waals surface area contributed by atoms with Crippen LogP contribution in [0.5, 0.6) is 0 Å². The lowest BCUT2D eigenvalue weighted by Gasteiger charge is -2.16. The predicted molar refractivity (Wildman–Crippen MR) is 73.4 cm³/mol. The second kappa shape index (κ2) is 6.18. The summed E-state index contributed by atoms with van der Waals surface area (Å²) in [4.78, 5) is 16.8. The minimum absolute atomic E-state index is 0.392. The minimum atomic E-state index is -0.737. The van der Waals surface area contributed by atoms with Crippen LogP contribution in [-0.2, 0) is 11.2 Å². The van der Waals surface area contributed by atoms with Gasteiger partial charge in [0.2, 0.25) is 0 Å². The summed E-state index contributed by atoms with van der Waals surface area (Å²) in [7, 11) is 0. The van der Waals surface area contributed by atoms with Gasteiger partial charge in [-0.25, -0.2) is 4.98 Å². The normalized spacial score (nSPS) is 18.4. The highest BCUT2D eigenvalue weighted by Gasteiger charge is 2.29. The van der Waals surface area contributed by atoms with Crippen LogP contribution in [0.2, 0.25) is 0 Å². The van der Waals surface area contributed by atoms with E-state index in [0.29, 0.717) is 0 Å². The number of carbonyl (C=O) groups is 1. The maximum atomic E-state index is 11.2. The molecule has 0 amide bonds. The van der Waals surface area contributed by atoms with E-state index in [2.05, 4.69) is 17.2 Å². The first kappa shape index (κ1) is 13.3. The number of nitrogens with zero attached hydrogens (tertiary/aromatic N) is 1. The lowest BCUT2D eigenvalue weighted by molar-refractivity contribution is -0.139. The quantitative estimate of drug-likeness (QED) is 0.777. The number of hydrogen-bond acceptors (Lipinski definition) is 4. The van der Waals surface area contributed by atoms with Crippen molar-refractivity contribution in [2.24, 2.45) is 0 Å². The fourth-order valence-corrected chi connectivity index (χ4v) is 3.40. The van der Waals surface area contributed by atoms with Gasteiger partial charge in [0.25, 0.3) is 0 Å². The van der Waals surface area contributed by atoms with E-state index >= 15 is 0 Å². The first-order chi connectivity index (χ1) is 8.72. The second-order valence-electron chi connectivity index (χ2n) is 4.74. The number of aliphatic carboxylic acids is 1. The average Bonchev–Trinajstić information content (AvgIpc) is 2.76. The molecule has 0 fully saturated rings. The molecule has 1 aromatic rings. The van der Waals surface area contributed by atoms with E-state index in [1.807, 2.05) is 0 Å². The molecule has 1 aliphatic rings. The van der Waals surface area contributed by atoms with E-state index in [-0.39, 0.29) is 0 Å². The molecule has 5 heteroatoms. The largest absolute Gasteiger partial charge is 0.481 e. The van der Waals surface area contributed by atoms with Crippen molar-refractivity contribution in [3.8, 4) is 0 Å². The van der Waals surface area contributed by atoms with Crippen LogP contribution < -0.4 is 5.32 Å². The van der Waals surface area contributed by atoms with Crippen molar-refractivity contribution < 1.29 is 9.90 Å². The van der Waals surface area contributed by atoms with Crippen molar-refractivity contribution in [3.05, 3.63) is 10.6 Å². The fraction of sp³-hybridized carbons (Fsp3) is 0.692. The SMILES string of the molecule is CCCCCNc1nc2c(s1)CCCC2C(=O)O. The molecule has 1 aliphatic carbocycles.